The number of rotatable bonds is 7. The van der Waals surface area contributed by atoms with Gasteiger partial charge in [-0.05, 0) is 42.3 Å². The van der Waals surface area contributed by atoms with Crippen LogP contribution in [0.2, 0.25) is 0 Å². The number of morpholine rings is 1. The lowest BCUT2D eigenvalue weighted by Crippen LogP contribution is -2.52. The van der Waals surface area contributed by atoms with E-state index in [1.807, 2.05) is 48.0 Å². The average Bonchev–Trinajstić information content (AvgIpc) is 3.56. The van der Waals surface area contributed by atoms with Crippen LogP contribution in [0.25, 0.3) is 16.8 Å². The van der Waals surface area contributed by atoms with E-state index >= 15 is 0 Å². The van der Waals surface area contributed by atoms with Gasteiger partial charge < -0.3 is 34.5 Å². The first kappa shape index (κ1) is 31.0. The molecule has 0 saturated carbocycles. The second kappa shape index (κ2) is 13.5. The summed E-state index contributed by atoms with van der Waals surface area (Å²) < 4.78 is 7.30. The largest absolute Gasteiger partial charge is 0.378 e. The molecule has 46 heavy (non-hydrogen) atoms. The predicted octanol–water partition coefficient (Wildman–Crippen LogP) is 3.16. The maximum absolute atomic E-state index is 13.2. The summed E-state index contributed by atoms with van der Waals surface area (Å²) in [6, 6.07) is 11.3. The van der Waals surface area contributed by atoms with Gasteiger partial charge in [-0.25, -0.2) is 14.8 Å². The number of benzene rings is 1. The Bertz CT molecular complexity index is 1720. The van der Waals surface area contributed by atoms with Crippen molar-refractivity contribution in [3.63, 3.8) is 0 Å². The van der Waals surface area contributed by atoms with Crippen molar-refractivity contribution in [1.29, 1.82) is 0 Å². The predicted molar refractivity (Wildman–Crippen MR) is 175 cm³/mol. The fourth-order valence-electron chi connectivity index (χ4n) is 5.67. The van der Waals surface area contributed by atoms with E-state index in [0.717, 1.165) is 33.7 Å². The molecule has 13 heteroatoms. The molecule has 4 aromatic rings. The third kappa shape index (κ3) is 6.80. The zero-order valence-electron chi connectivity index (χ0n) is 26.4. The first-order valence-electron chi connectivity index (χ1n) is 15.4. The van der Waals surface area contributed by atoms with Gasteiger partial charge in [-0.1, -0.05) is 12.1 Å². The van der Waals surface area contributed by atoms with Gasteiger partial charge in [0.1, 0.15) is 5.82 Å². The van der Waals surface area contributed by atoms with Crippen molar-refractivity contribution in [3.05, 3.63) is 72.3 Å². The van der Waals surface area contributed by atoms with E-state index in [9.17, 15) is 14.4 Å². The molecule has 0 radical (unpaired) electrons. The van der Waals surface area contributed by atoms with Gasteiger partial charge >= 0.3 is 6.03 Å². The highest BCUT2D eigenvalue weighted by Gasteiger charge is 2.24. The number of carbonyl (C=O) groups is 3. The number of amides is 4. The second-order valence-electron chi connectivity index (χ2n) is 11.7. The Kier molecular flexibility index (Phi) is 9.13. The summed E-state index contributed by atoms with van der Waals surface area (Å²) in [4.78, 5) is 54.4. The second-order valence-corrected chi connectivity index (χ2v) is 11.7. The molecule has 0 atom stereocenters. The number of hydrogen-bond acceptors (Lipinski definition) is 8. The third-order valence-corrected chi connectivity index (χ3v) is 8.46. The molecule has 2 saturated heterocycles. The number of nitrogens with zero attached hydrogens (tertiary/aromatic N) is 7. The summed E-state index contributed by atoms with van der Waals surface area (Å²) in [5.41, 5.74) is 5.57. The minimum absolute atomic E-state index is 0.0544. The Morgan fingerprint density at radius 3 is 2.43 bits per heavy atom. The van der Waals surface area contributed by atoms with Crippen molar-refractivity contribution in [2.75, 3.05) is 83.8 Å². The van der Waals surface area contributed by atoms with Crippen molar-refractivity contribution in [3.8, 4) is 11.1 Å². The van der Waals surface area contributed by atoms with Crippen LogP contribution in [0.3, 0.4) is 0 Å². The normalized spacial score (nSPS) is 15.5. The number of piperazine rings is 1. The first-order valence-corrected chi connectivity index (χ1v) is 15.4. The molecule has 1 aromatic carbocycles. The molecule has 2 aliphatic rings. The van der Waals surface area contributed by atoms with Crippen LogP contribution >= 0.6 is 0 Å². The van der Waals surface area contributed by atoms with Gasteiger partial charge in [0, 0.05) is 89.4 Å². The number of nitrogens with one attached hydrogen (secondary N) is 2. The molecule has 240 valence electrons. The molecule has 0 bridgehead atoms. The van der Waals surface area contributed by atoms with Crippen LogP contribution in [-0.4, -0.2) is 125 Å². The summed E-state index contributed by atoms with van der Waals surface area (Å²) in [5, 5.41) is 6.48. The van der Waals surface area contributed by atoms with Gasteiger partial charge in [0.15, 0.2) is 5.65 Å². The zero-order valence-corrected chi connectivity index (χ0v) is 26.4. The number of fused-ring (bicyclic) bond motifs is 1. The molecular weight excluding hydrogens is 586 g/mol. The Morgan fingerprint density at radius 1 is 0.935 bits per heavy atom. The molecule has 4 amide bonds. The van der Waals surface area contributed by atoms with Gasteiger partial charge in [0.05, 0.1) is 31.0 Å². The number of imidazole rings is 1. The lowest BCUT2D eigenvalue weighted by molar-refractivity contribution is -0.130. The lowest BCUT2D eigenvalue weighted by atomic mass is 10.00. The van der Waals surface area contributed by atoms with Crippen LogP contribution in [0.4, 0.5) is 22.0 Å². The monoisotopic (exact) mass is 625 g/mol. The summed E-state index contributed by atoms with van der Waals surface area (Å²) in [6.07, 6.45) is 7.22. The van der Waals surface area contributed by atoms with Gasteiger partial charge in [-0.3, -0.25) is 14.5 Å². The number of hydrogen-bond donors (Lipinski definition) is 2. The number of ether oxygens (including phenoxy) is 1. The van der Waals surface area contributed by atoms with Crippen LogP contribution in [0.15, 0.2) is 61.2 Å². The van der Waals surface area contributed by atoms with Crippen molar-refractivity contribution in [2.45, 2.75) is 6.92 Å². The van der Waals surface area contributed by atoms with E-state index < -0.39 is 0 Å². The molecule has 5 heterocycles. The van der Waals surface area contributed by atoms with E-state index in [4.69, 9.17) is 4.74 Å². The summed E-state index contributed by atoms with van der Waals surface area (Å²) in [7, 11) is 3.50. The Hall–Kier alpha value is -5.01. The molecule has 2 aliphatic heterocycles. The van der Waals surface area contributed by atoms with Gasteiger partial charge in [0.2, 0.25) is 5.91 Å². The molecule has 2 N–H and O–H groups in total. The smallest absolute Gasteiger partial charge is 0.321 e. The molecule has 2 fully saturated rings. The van der Waals surface area contributed by atoms with Crippen LogP contribution in [0.1, 0.15) is 15.9 Å². The number of carbonyl (C=O) groups excluding carboxylic acids is 3. The Balaban J connectivity index is 1.16. The van der Waals surface area contributed by atoms with Crippen molar-refractivity contribution in [2.24, 2.45) is 0 Å². The maximum atomic E-state index is 13.2. The molecule has 0 spiro atoms. The van der Waals surface area contributed by atoms with E-state index in [1.54, 1.807) is 53.3 Å². The highest BCUT2D eigenvalue weighted by Crippen LogP contribution is 2.32. The first-order chi connectivity index (χ1) is 22.3. The van der Waals surface area contributed by atoms with Crippen LogP contribution in [-0.2, 0) is 9.53 Å². The zero-order chi connectivity index (χ0) is 32.2. The highest BCUT2D eigenvalue weighted by atomic mass is 16.5. The summed E-state index contributed by atoms with van der Waals surface area (Å²) in [6.45, 7) is 6.98. The minimum Gasteiger partial charge on any atom is -0.378 e. The Morgan fingerprint density at radius 2 is 1.72 bits per heavy atom. The van der Waals surface area contributed by atoms with E-state index in [-0.39, 0.29) is 17.8 Å². The topological polar surface area (TPSA) is 128 Å². The van der Waals surface area contributed by atoms with Crippen LogP contribution in [0, 0.1) is 6.92 Å². The quantitative estimate of drug-likeness (QED) is 0.321. The van der Waals surface area contributed by atoms with Crippen molar-refractivity contribution in [1.82, 2.24) is 34.0 Å². The fourth-order valence-corrected chi connectivity index (χ4v) is 5.67. The maximum Gasteiger partial charge on any atom is 0.321 e. The highest BCUT2D eigenvalue weighted by molar-refractivity contribution is 5.94. The van der Waals surface area contributed by atoms with Crippen molar-refractivity contribution >= 4 is 40.7 Å². The van der Waals surface area contributed by atoms with Gasteiger partial charge in [-0.15, -0.1) is 0 Å². The molecule has 6 rings (SSSR count). The minimum atomic E-state index is -0.159. The standard InChI is InChI=1S/C33H39N9O4/c1-23-26(5-4-6-27(23)37-33(45)41-13-11-39(12-14-41)22-30(43)38(2)3)25-19-28(31-34-9-10-42(31)21-25)36-29-8-7-24(20-35-29)32(44)40-15-17-46-18-16-40/h4-10,19-21H,11-18,22H2,1-3H3,(H,35,36)(H,37,45). The molecule has 13 nitrogen and oxygen atoms in total. The van der Waals surface area contributed by atoms with Crippen molar-refractivity contribution < 1.29 is 19.1 Å². The summed E-state index contributed by atoms with van der Waals surface area (Å²) >= 11 is 0. The number of urea groups is 1. The fraction of sp³-hybridized carbons (Fsp3) is 0.364. The number of pyridine rings is 2. The Labute approximate surface area is 267 Å². The number of anilines is 3. The molecule has 0 aliphatic carbocycles. The van der Waals surface area contributed by atoms with Crippen LogP contribution < -0.4 is 10.6 Å². The van der Waals surface area contributed by atoms with E-state index in [1.165, 1.54) is 0 Å². The molecular formula is C33H39N9O4. The molecule has 3 aromatic heterocycles. The van der Waals surface area contributed by atoms with E-state index in [0.29, 0.717) is 70.4 Å². The SMILES string of the molecule is Cc1c(NC(=O)N2CCN(CC(=O)N(C)C)CC2)cccc1-c1cc(Nc2ccc(C(=O)N3CCOCC3)cn2)c2nccn2c1. The van der Waals surface area contributed by atoms with Gasteiger partial charge in [-0.2, -0.15) is 0 Å². The third-order valence-electron chi connectivity index (χ3n) is 8.46. The lowest BCUT2D eigenvalue weighted by Gasteiger charge is -2.34. The summed E-state index contributed by atoms with van der Waals surface area (Å²) in [5.74, 6) is 0.591. The number of aromatic nitrogens is 3. The number of likely N-dealkylation sites (N-methyl/N-ethyl adjacent to an activating group) is 1. The van der Waals surface area contributed by atoms with Gasteiger partial charge in [0.25, 0.3) is 5.91 Å². The molecule has 0 unspecified atom stereocenters. The van der Waals surface area contributed by atoms with E-state index in [2.05, 4.69) is 25.5 Å². The van der Waals surface area contributed by atoms with Crippen LogP contribution in [0.5, 0.6) is 0 Å². The average molecular weight is 626 g/mol.